The molecular formula is C28H23NO6. The number of carbonyl (C=O) groups excluding carboxylic acids is 5. The number of anilines is 1. The van der Waals surface area contributed by atoms with E-state index in [4.69, 9.17) is 4.74 Å². The van der Waals surface area contributed by atoms with Crippen LogP contribution in [-0.2, 0) is 14.3 Å². The summed E-state index contributed by atoms with van der Waals surface area (Å²) in [5, 5.41) is 2.56. The van der Waals surface area contributed by atoms with Gasteiger partial charge in [0.05, 0.1) is 6.42 Å². The molecule has 0 spiro atoms. The molecule has 3 aromatic carbocycles. The van der Waals surface area contributed by atoms with E-state index in [1.807, 2.05) is 26.0 Å². The molecule has 0 aromatic heterocycles. The van der Waals surface area contributed by atoms with Gasteiger partial charge in [0.1, 0.15) is 0 Å². The van der Waals surface area contributed by atoms with Gasteiger partial charge in [-0.15, -0.1) is 0 Å². The van der Waals surface area contributed by atoms with Gasteiger partial charge < -0.3 is 10.1 Å². The number of amides is 1. The Kier molecular flexibility index (Phi) is 6.68. The summed E-state index contributed by atoms with van der Waals surface area (Å²) in [6.07, 6.45) is -0.165. The number of aryl methyl sites for hydroxylation is 2. The molecule has 3 aromatic rings. The van der Waals surface area contributed by atoms with E-state index in [9.17, 15) is 24.0 Å². The van der Waals surface area contributed by atoms with Crippen LogP contribution in [0, 0.1) is 13.8 Å². The molecule has 0 unspecified atom stereocenters. The van der Waals surface area contributed by atoms with Gasteiger partial charge >= 0.3 is 5.97 Å². The molecule has 0 saturated heterocycles. The molecule has 0 saturated carbocycles. The Labute approximate surface area is 202 Å². The van der Waals surface area contributed by atoms with Gasteiger partial charge in [-0.1, -0.05) is 42.0 Å². The van der Waals surface area contributed by atoms with Crippen LogP contribution in [0.2, 0.25) is 0 Å². The lowest BCUT2D eigenvalue weighted by Gasteiger charge is -2.18. The second-order valence-corrected chi connectivity index (χ2v) is 8.41. The molecule has 7 nitrogen and oxygen atoms in total. The van der Waals surface area contributed by atoms with Gasteiger partial charge in [-0.25, -0.2) is 0 Å². The van der Waals surface area contributed by atoms with Crippen molar-refractivity contribution < 1.29 is 28.7 Å². The number of ketones is 3. The van der Waals surface area contributed by atoms with E-state index in [-0.39, 0.29) is 41.3 Å². The minimum absolute atomic E-state index is 0.0207. The number of fused-ring (bicyclic) bond motifs is 2. The van der Waals surface area contributed by atoms with E-state index in [0.717, 1.165) is 11.1 Å². The van der Waals surface area contributed by atoms with E-state index >= 15 is 0 Å². The van der Waals surface area contributed by atoms with Gasteiger partial charge in [0.2, 0.25) is 0 Å². The zero-order valence-corrected chi connectivity index (χ0v) is 19.3. The van der Waals surface area contributed by atoms with Crippen LogP contribution in [0.3, 0.4) is 0 Å². The molecule has 0 atom stereocenters. The lowest BCUT2D eigenvalue weighted by molar-refractivity contribution is -0.147. The van der Waals surface area contributed by atoms with Crippen LogP contribution in [0.15, 0.2) is 60.7 Å². The van der Waals surface area contributed by atoms with Crippen LogP contribution in [0.25, 0.3) is 0 Å². The molecule has 0 fully saturated rings. The highest BCUT2D eigenvalue weighted by molar-refractivity contribution is 6.28. The van der Waals surface area contributed by atoms with E-state index in [2.05, 4.69) is 5.32 Å². The number of hydrogen-bond acceptors (Lipinski definition) is 6. The predicted octanol–water partition coefficient (Wildman–Crippen LogP) is 4.22. The monoisotopic (exact) mass is 469 g/mol. The number of nitrogens with one attached hydrogen (secondary N) is 1. The zero-order chi connectivity index (χ0) is 25.1. The Balaban J connectivity index is 1.32. The zero-order valence-electron chi connectivity index (χ0n) is 19.3. The van der Waals surface area contributed by atoms with Gasteiger partial charge in [0.15, 0.2) is 24.0 Å². The lowest BCUT2D eigenvalue weighted by atomic mass is 9.84. The van der Waals surface area contributed by atoms with Crippen LogP contribution in [-0.4, -0.2) is 35.8 Å². The molecule has 7 heteroatoms. The maximum absolute atomic E-state index is 12.8. The standard InChI is InChI=1S/C28H23NO6/c1-16-7-8-17(2)22(13-16)24(30)11-12-26(32)35-15-25(31)29-18-9-10-21-23(14-18)28(34)20-6-4-3-5-19(20)27(21)33/h3-10,13-14H,11-12,15H2,1-2H3,(H,29,31). The molecule has 0 heterocycles. The maximum Gasteiger partial charge on any atom is 0.306 e. The summed E-state index contributed by atoms with van der Waals surface area (Å²) in [6, 6.07) is 16.6. The highest BCUT2D eigenvalue weighted by atomic mass is 16.5. The van der Waals surface area contributed by atoms with Crippen molar-refractivity contribution in [3.05, 3.63) is 99.6 Å². The second kappa shape index (κ2) is 9.85. The van der Waals surface area contributed by atoms with Crippen LogP contribution in [0.1, 0.15) is 66.2 Å². The van der Waals surface area contributed by atoms with Crippen molar-refractivity contribution in [2.45, 2.75) is 26.7 Å². The third kappa shape index (κ3) is 5.09. The fourth-order valence-electron chi connectivity index (χ4n) is 3.98. The average Bonchev–Trinajstić information content (AvgIpc) is 2.86. The Morgan fingerprint density at radius 1 is 0.771 bits per heavy atom. The third-order valence-electron chi connectivity index (χ3n) is 5.82. The highest BCUT2D eigenvalue weighted by Gasteiger charge is 2.29. The normalized spacial score (nSPS) is 11.9. The number of Topliss-reactive ketones (excluding diaryl/α,β-unsaturated/α-hetero) is 1. The summed E-state index contributed by atoms with van der Waals surface area (Å²) in [6.45, 7) is 3.18. The third-order valence-corrected chi connectivity index (χ3v) is 5.82. The number of carbonyl (C=O) groups is 5. The molecule has 1 amide bonds. The first-order valence-electron chi connectivity index (χ1n) is 11.1. The van der Waals surface area contributed by atoms with Gasteiger partial charge in [-0.05, 0) is 43.7 Å². The van der Waals surface area contributed by atoms with Crippen molar-refractivity contribution in [2.75, 3.05) is 11.9 Å². The van der Waals surface area contributed by atoms with E-state index in [1.54, 1.807) is 30.3 Å². The molecule has 1 aliphatic carbocycles. The Hall–Kier alpha value is -4.39. The summed E-state index contributed by atoms with van der Waals surface area (Å²) in [5.74, 6) is -1.98. The van der Waals surface area contributed by atoms with Gasteiger partial charge in [0.25, 0.3) is 5.91 Å². The number of benzene rings is 3. The van der Waals surface area contributed by atoms with Crippen LogP contribution in [0.5, 0.6) is 0 Å². The topological polar surface area (TPSA) is 107 Å². The summed E-state index contributed by atoms with van der Waals surface area (Å²) < 4.78 is 4.99. The fourth-order valence-corrected chi connectivity index (χ4v) is 3.98. The molecular weight excluding hydrogens is 446 g/mol. The number of hydrogen-bond donors (Lipinski definition) is 1. The smallest absolute Gasteiger partial charge is 0.306 e. The Bertz CT molecular complexity index is 1390. The van der Waals surface area contributed by atoms with Gasteiger partial charge in [0, 0.05) is 39.9 Å². The Morgan fingerprint density at radius 2 is 1.43 bits per heavy atom. The van der Waals surface area contributed by atoms with Crippen LogP contribution >= 0.6 is 0 Å². The quantitative estimate of drug-likeness (QED) is 0.321. The SMILES string of the molecule is Cc1ccc(C)c(C(=O)CCC(=O)OCC(=O)Nc2ccc3c(c2)C(=O)c2ccccc2C3=O)c1. The van der Waals surface area contributed by atoms with E-state index in [0.29, 0.717) is 22.4 Å². The molecule has 4 rings (SSSR count). The minimum atomic E-state index is -0.665. The molecule has 0 bridgehead atoms. The second-order valence-electron chi connectivity index (χ2n) is 8.41. The van der Waals surface area contributed by atoms with Gasteiger partial charge in [-0.3, -0.25) is 24.0 Å². The highest BCUT2D eigenvalue weighted by Crippen LogP contribution is 2.29. The summed E-state index contributed by atoms with van der Waals surface area (Å²) >= 11 is 0. The van der Waals surface area contributed by atoms with Crippen molar-refractivity contribution in [3.8, 4) is 0 Å². The van der Waals surface area contributed by atoms with Crippen LogP contribution < -0.4 is 5.32 Å². The molecule has 1 aliphatic rings. The van der Waals surface area contributed by atoms with E-state index < -0.39 is 18.5 Å². The van der Waals surface area contributed by atoms with E-state index in [1.165, 1.54) is 18.2 Å². The fraction of sp³-hybridized carbons (Fsp3) is 0.179. The molecule has 0 radical (unpaired) electrons. The summed E-state index contributed by atoms with van der Waals surface area (Å²) in [5.41, 5.74) is 3.80. The summed E-state index contributed by atoms with van der Waals surface area (Å²) in [7, 11) is 0. The largest absolute Gasteiger partial charge is 0.456 e. The number of rotatable bonds is 7. The lowest BCUT2D eigenvalue weighted by Crippen LogP contribution is -2.23. The van der Waals surface area contributed by atoms with Gasteiger partial charge in [-0.2, -0.15) is 0 Å². The summed E-state index contributed by atoms with van der Waals surface area (Å²) in [4.78, 5) is 62.2. The van der Waals surface area contributed by atoms with Crippen molar-refractivity contribution in [2.24, 2.45) is 0 Å². The van der Waals surface area contributed by atoms with Crippen molar-refractivity contribution >= 4 is 34.9 Å². The minimum Gasteiger partial charge on any atom is -0.456 e. The molecule has 35 heavy (non-hydrogen) atoms. The number of esters is 1. The Morgan fingerprint density at radius 3 is 2.14 bits per heavy atom. The molecule has 1 N–H and O–H groups in total. The van der Waals surface area contributed by atoms with Crippen molar-refractivity contribution in [1.29, 1.82) is 0 Å². The number of ether oxygens (including phenoxy) is 1. The first-order chi connectivity index (χ1) is 16.7. The van der Waals surface area contributed by atoms with Crippen molar-refractivity contribution in [3.63, 3.8) is 0 Å². The van der Waals surface area contributed by atoms with Crippen molar-refractivity contribution in [1.82, 2.24) is 0 Å². The van der Waals surface area contributed by atoms with Crippen LogP contribution in [0.4, 0.5) is 5.69 Å². The molecule has 0 aliphatic heterocycles. The first-order valence-corrected chi connectivity index (χ1v) is 11.1. The maximum atomic E-state index is 12.8. The average molecular weight is 469 g/mol. The molecule has 176 valence electrons. The first kappa shape index (κ1) is 23.8. The predicted molar refractivity (Wildman–Crippen MR) is 129 cm³/mol.